The summed E-state index contributed by atoms with van der Waals surface area (Å²) in [5.74, 6) is 0.820. The van der Waals surface area contributed by atoms with Crippen molar-refractivity contribution in [3.63, 3.8) is 0 Å². The number of hydrogen-bond donors (Lipinski definition) is 1. The van der Waals surface area contributed by atoms with Gasteiger partial charge >= 0.3 is 0 Å². The van der Waals surface area contributed by atoms with E-state index >= 15 is 0 Å². The first-order valence-electron chi connectivity index (χ1n) is 5.53. The van der Waals surface area contributed by atoms with Gasteiger partial charge in [0.2, 0.25) is 0 Å². The molecule has 1 rings (SSSR count). The molecule has 0 aliphatic heterocycles. The average molecular weight is 367 g/mol. The standard InChI is InChI=1S/C12H17Br2NO2/c1-3-17-6-4-5-15-11-8-12(16-2)10(14)7-9(11)13/h7-8,15H,3-6H2,1-2H3. The molecule has 0 atom stereocenters. The Labute approximate surface area is 119 Å². The maximum Gasteiger partial charge on any atom is 0.135 e. The van der Waals surface area contributed by atoms with Gasteiger partial charge in [0.15, 0.2) is 0 Å². The van der Waals surface area contributed by atoms with Crippen molar-refractivity contribution in [2.75, 3.05) is 32.2 Å². The fraction of sp³-hybridized carbons (Fsp3) is 0.500. The van der Waals surface area contributed by atoms with E-state index in [1.165, 1.54) is 0 Å². The van der Waals surface area contributed by atoms with Crippen LogP contribution in [0.2, 0.25) is 0 Å². The largest absolute Gasteiger partial charge is 0.495 e. The van der Waals surface area contributed by atoms with Crippen LogP contribution in [0.25, 0.3) is 0 Å². The summed E-state index contributed by atoms with van der Waals surface area (Å²) in [6.07, 6.45) is 0.985. The molecule has 17 heavy (non-hydrogen) atoms. The van der Waals surface area contributed by atoms with Gasteiger partial charge in [-0.25, -0.2) is 0 Å². The molecule has 3 nitrogen and oxygen atoms in total. The van der Waals surface area contributed by atoms with E-state index in [0.717, 1.165) is 46.6 Å². The first-order chi connectivity index (χ1) is 8.19. The Morgan fingerprint density at radius 2 is 2.00 bits per heavy atom. The molecule has 0 saturated heterocycles. The molecule has 0 heterocycles. The number of methoxy groups -OCH3 is 1. The lowest BCUT2D eigenvalue weighted by Crippen LogP contribution is -2.06. The van der Waals surface area contributed by atoms with Gasteiger partial charge in [0.25, 0.3) is 0 Å². The van der Waals surface area contributed by atoms with E-state index in [1.807, 2.05) is 19.1 Å². The molecule has 1 aromatic carbocycles. The predicted molar refractivity (Wildman–Crippen MR) is 78.0 cm³/mol. The number of benzene rings is 1. The smallest absolute Gasteiger partial charge is 0.135 e. The molecule has 0 aliphatic carbocycles. The monoisotopic (exact) mass is 365 g/mol. The molecule has 1 N–H and O–H groups in total. The van der Waals surface area contributed by atoms with Crippen LogP contribution < -0.4 is 10.1 Å². The van der Waals surface area contributed by atoms with Crippen LogP contribution in [0.4, 0.5) is 5.69 Å². The summed E-state index contributed by atoms with van der Waals surface area (Å²) in [6.45, 7) is 4.44. The van der Waals surface area contributed by atoms with Crippen molar-refractivity contribution in [1.29, 1.82) is 0 Å². The van der Waals surface area contributed by atoms with Gasteiger partial charge in [-0.3, -0.25) is 0 Å². The van der Waals surface area contributed by atoms with Gasteiger partial charge < -0.3 is 14.8 Å². The lowest BCUT2D eigenvalue weighted by atomic mass is 10.3. The van der Waals surface area contributed by atoms with Crippen molar-refractivity contribution in [2.24, 2.45) is 0 Å². The fourth-order valence-electron chi connectivity index (χ4n) is 1.36. The van der Waals surface area contributed by atoms with Gasteiger partial charge in [-0.05, 0) is 51.3 Å². The summed E-state index contributed by atoms with van der Waals surface area (Å²) in [4.78, 5) is 0. The number of rotatable bonds is 7. The van der Waals surface area contributed by atoms with E-state index in [4.69, 9.17) is 9.47 Å². The van der Waals surface area contributed by atoms with Gasteiger partial charge in [-0.15, -0.1) is 0 Å². The number of ether oxygens (including phenoxy) is 2. The summed E-state index contributed by atoms with van der Waals surface area (Å²) in [6, 6.07) is 3.94. The Morgan fingerprint density at radius 1 is 1.24 bits per heavy atom. The van der Waals surface area contributed by atoms with Crippen LogP contribution in [0.5, 0.6) is 5.75 Å². The third-order valence-electron chi connectivity index (χ3n) is 2.23. The summed E-state index contributed by atoms with van der Waals surface area (Å²) in [7, 11) is 1.66. The van der Waals surface area contributed by atoms with E-state index in [2.05, 4.69) is 37.2 Å². The maximum absolute atomic E-state index is 5.28. The summed E-state index contributed by atoms with van der Waals surface area (Å²) >= 11 is 6.96. The second kappa shape index (κ2) is 7.95. The SMILES string of the molecule is CCOCCCNc1cc(OC)c(Br)cc1Br. The number of hydrogen-bond acceptors (Lipinski definition) is 3. The number of anilines is 1. The molecular weight excluding hydrogens is 350 g/mol. The minimum absolute atomic E-state index is 0.774. The molecular formula is C12H17Br2NO2. The Bertz CT molecular complexity index is 359. The van der Waals surface area contributed by atoms with Crippen molar-refractivity contribution in [3.8, 4) is 5.75 Å². The van der Waals surface area contributed by atoms with Gasteiger partial charge in [0.05, 0.1) is 17.3 Å². The van der Waals surface area contributed by atoms with Gasteiger partial charge in [-0.1, -0.05) is 0 Å². The Balaban J connectivity index is 2.52. The van der Waals surface area contributed by atoms with Crippen molar-refractivity contribution in [2.45, 2.75) is 13.3 Å². The van der Waals surface area contributed by atoms with Crippen LogP contribution in [0.3, 0.4) is 0 Å². The Morgan fingerprint density at radius 3 is 2.65 bits per heavy atom. The topological polar surface area (TPSA) is 30.5 Å². The van der Waals surface area contributed by atoms with Crippen molar-refractivity contribution >= 4 is 37.5 Å². The Hall–Kier alpha value is -0.260. The zero-order valence-electron chi connectivity index (χ0n) is 10.1. The highest BCUT2D eigenvalue weighted by molar-refractivity contribution is 9.11. The molecule has 0 spiro atoms. The minimum atomic E-state index is 0.774. The van der Waals surface area contributed by atoms with Gasteiger partial charge in [0, 0.05) is 30.3 Å². The third-order valence-corrected chi connectivity index (χ3v) is 3.50. The molecule has 0 unspecified atom stereocenters. The highest BCUT2D eigenvalue weighted by atomic mass is 79.9. The third kappa shape index (κ3) is 4.85. The van der Waals surface area contributed by atoms with Crippen molar-refractivity contribution < 1.29 is 9.47 Å². The van der Waals surface area contributed by atoms with Crippen LogP contribution in [0.15, 0.2) is 21.1 Å². The first-order valence-corrected chi connectivity index (χ1v) is 7.12. The molecule has 0 aliphatic rings. The van der Waals surface area contributed by atoms with Crippen LogP contribution in [-0.2, 0) is 4.74 Å². The zero-order valence-corrected chi connectivity index (χ0v) is 13.2. The second-order valence-corrected chi connectivity index (χ2v) is 5.15. The molecule has 0 radical (unpaired) electrons. The van der Waals surface area contributed by atoms with Gasteiger partial charge in [0.1, 0.15) is 5.75 Å². The number of nitrogens with one attached hydrogen (secondary N) is 1. The highest BCUT2D eigenvalue weighted by Crippen LogP contribution is 2.34. The molecule has 96 valence electrons. The van der Waals surface area contributed by atoms with E-state index in [-0.39, 0.29) is 0 Å². The average Bonchev–Trinajstić information content (AvgIpc) is 2.31. The summed E-state index contributed by atoms with van der Waals surface area (Å²) < 4.78 is 12.5. The van der Waals surface area contributed by atoms with Crippen LogP contribution in [-0.4, -0.2) is 26.9 Å². The second-order valence-electron chi connectivity index (χ2n) is 3.44. The molecule has 0 saturated carbocycles. The first kappa shape index (κ1) is 14.8. The molecule has 5 heteroatoms. The van der Waals surface area contributed by atoms with E-state index < -0.39 is 0 Å². The molecule has 1 aromatic rings. The lowest BCUT2D eigenvalue weighted by Gasteiger charge is -2.11. The van der Waals surface area contributed by atoms with E-state index in [0.29, 0.717) is 0 Å². The lowest BCUT2D eigenvalue weighted by molar-refractivity contribution is 0.147. The molecule has 0 bridgehead atoms. The molecule has 0 amide bonds. The normalized spacial score (nSPS) is 10.4. The number of halogens is 2. The highest BCUT2D eigenvalue weighted by Gasteiger charge is 2.06. The van der Waals surface area contributed by atoms with E-state index in [1.54, 1.807) is 7.11 Å². The zero-order chi connectivity index (χ0) is 12.7. The molecule has 0 fully saturated rings. The van der Waals surface area contributed by atoms with Crippen LogP contribution in [0, 0.1) is 0 Å². The molecule has 0 aromatic heterocycles. The predicted octanol–water partition coefficient (Wildman–Crippen LogP) is 4.06. The van der Waals surface area contributed by atoms with Crippen LogP contribution in [0.1, 0.15) is 13.3 Å². The fourth-order valence-corrected chi connectivity index (χ4v) is 2.66. The quantitative estimate of drug-likeness (QED) is 0.738. The summed E-state index contributed by atoms with van der Waals surface area (Å²) in [5.41, 5.74) is 1.03. The Kier molecular flexibility index (Phi) is 6.92. The summed E-state index contributed by atoms with van der Waals surface area (Å²) in [5, 5.41) is 3.35. The maximum atomic E-state index is 5.28. The minimum Gasteiger partial charge on any atom is -0.495 e. The van der Waals surface area contributed by atoms with Crippen molar-refractivity contribution in [1.82, 2.24) is 0 Å². The van der Waals surface area contributed by atoms with Crippen LogP contribution >= 0.6 is 31.9 Å². The van der Waals surface area contributed by atoms with Crippen molar-refractivity contribution in [3.05, 3.63) is 21.1 Å². The van der Waals surface area contributed by atoms with Gasteiger partial charge in [-0.2, -0.15) is 0 Å². The van der Waals surface area contributed by atoms with E-state index in [9.17, 15) is 0 Å².